The summed E-state index contributed by atoms with van der Waals surface area (Å²) in [5.74, 6) is 0.348. The number of rotatable bonds is 6. The zero-order valence-electron chi connectivity index (χ0n) is 40.3. The summed E-state index contributed by atoms with van der Waals surface area (Å²) < 4.78 is -1.53. The Bertz CT molecular complexity index is 2120. The molecule has 9 nitrogen and oxygen atoms in total. The van der Waals surface area contributed by atoms with Crippen molar-refractivity contribution in [1.82, 2.24) is 4.90 Å². The maximum Gasteiger partial charge on any atom is 0.533 e. The molecule has 59 heavy (non-hydrogen) atoms. The predicted molar refractivity (Wildman–Crippen MR) is 238 cm³/mol. The van der Waals surface area contributed by atoms with Crippen LogP contribution < -0.4 is 0 Å². The molecule has 4 rings (SSSR count). The lowest BCUT2D eigenvalue weighted by Crippen LogP contribution is -2.86. The van der Waals surface area contributed by atoms with Gasteiger partial charge in [0, 0.05) is 22.3 Å². The molecule has 3 aromatic carbocycles. The first kappa shape index (κ1) is 47.5. The van der Waals surface area contributed by atoms with Crippen LogP contribution >= 0.6 is 0 Å². The van der Waals surface area contributed by atoms with Gasteiger partial charge in [-0.25, -0.2) is 9.59 Å². The van der Waals surface area contributed by atoms with Gasteiger partial charge in [-0.1, -0.05) is 80.5 Å². The van der Waals surface area contributed by atoms with Gasteiger partial charge in [-0.05, 0) is 144 Å². The van der Waals surface area contributed by atoms with Gasteiger partial charge in [0.1, 0.15) is 41.4 Å². The van der Waals surface area contributed by atoms with Crippen molar-refractivity contribution in [3.8, 4) is 17.2 Å². The van der Waals surface area contributed by atoms with Crippen LogP contribution in [0.3, 0.4) is 0 Å². The number of phenolic OH excluding ortho intramolecular Hbond substituents is 3. The lowest BCUT2D eigenvalue weighted by atomic mass is 9.81. The molecule has 0 bridgehead atoms. The van der Waals surface area contributed by atoms with Crippen LogP contribution in [-0.2, 0) is 35.9 Å². The van der Waals surface area contributed by atoms with E-state index in [9.17, 15) is 15.3 Å². The van der Waals surface area contributed by atoms with E-state index >= 15 is 14.4 Å². The van der Waals surface area contributed by atoms with E-state index in [0.29, 0.717) is 33.4 Å². The molecule has 1 fully saturated rings. The first-order valence-corrected chi connectivity index (χ1v) is 21.1. The van der Waals surface area contributed by atoms with Crippen LogP contribution in [0.2, 0.25) is 0 Å². The number of hydrogen-bond donors (Lipinski definition) is 3. The number of aryl methyl sites for hydroxylation is 3. The number of benzene rings is 3. The van der Waals surface area contributed by atoms with Crippen LogP contribution in [0.25, 0.3) is 0 Å². The third kappa shape index (κ3) is 7.60. The highest BCUT2D eigenvalue weighted by atomic mass is 16.3. The predicted octanol–water partition coefficient (Wildman–Crippen LogP) is 12.4. The Morgan fingerprint density at radius 1 is 0.458 bits per heavy atom. The Balaban J connectivity index is 2.21. The fourth-order valence-electron chi connectivity index (χ4n) is 9.09. The number of urea groups is 3. The maximum atomic E-state index is 16.4. The second kappa shape index (κ2) is 14.8. The second-order valence-corrected chi connectivity index (χ2v) is 22.5. The standard InChI is InChI=1S/C50H73N3O6/c1-28-22-37(46(7,8)9)40(54)31(4)34(28)25-51-43(57)52(49(16,17)18,26-35-29(2)23-38(47(10,11)12)41(55)32(35)5)45(59)53(44(51)58,50(19,20)21)27-36-30(3)24-39(48(13,14)15)42(56)33(36)6/h22-24H,25-27H2,1-21H3,(H-2,54,55,56)/p+2. The summed E-state index contributed by atoms with van der Waals surface area (Å²) >= 11 is 0. The molecule has 0 aromatic heterocycles. The Morgan fingerprint density at radius 2 is 0.712 bits per heavy atom. The minimum atomic E-state index is -1.11. The Kier molecular flexibility index (Phi) is 11.9. The zero-order chi connectivity index (χ0) is 45.7. The van der Waals surface area contributed by atoms with Crippen LogP contribution in [0.1, 0.15) is 171 Å². The normalized spacial score (nSPS) is 19.9. The molecule has 9 heteroatoms. The molecule has 324 valence electrons. The molecule has 6 amide bonds. The molecular formula is C50H75N3O6+2. The molecule has 3 N–H and O–H groups in total. The summed E-state index contributed by atoms with van der Waals surface area (Å²) in [6.07, 6.45) is 0. The lowest BCUT2D eigenvalue weighted by molar-refractivity contribution is -0.967. The number of imide groups is 3. The quantitative estimate of drug-likeness (QED) is 0.214. The molecule has 0 radical (unpaired) electrons. The van der Waals surface area contributed by atoms with E-state index in [-0.39, 0.29) is 53.1 Å². The first-order chi connectivity index (χ1) is 26.4. The minimum Gasteiger partial charge on any atom is -0.507 e. The van der Waals surface area contributed by atoms with Crippen LogP contribution in [0.5, 0.6) is 17.2 Å². The average Bonchev–Trinajstić information content (AvgIpc) is 3.06. The van der Waals surface area contributed by atoms with Gasteiger partial charge in [-0.2, -0.15) is 9.69 Å². The number of hydrogen-bond acceptors (Lipinski definition) is 6. The summed E-state index contributed by atoms with van der Waals surface area (Å²) in [7, 11) is 0. The molecule has 0 saturated carbocycles. The van der Waals surface area contributed by atoms with E-state index in [1.165, 1.54) is 4.90 Å². The fourth-order valence-corrected chi connectivity index (χ4v) is 9.09. The average molecular weight is 814 g/mol. The van der Waals surface area contributed by atoms with Crippen molar-refractivity contribution in [3.05, 3.63) is 85.0 Å². The number of carbonyl (C=O) groups excluding carboxylic acids is 3. The van der Waals surface area contributed by atoms with Crippen LogP contribution in [0, 0.1) is 41.5 Å². The Morgan fingerprint density at radius 3 is 0.966 bits per heavy atom. The smallest absolute Gasteiger partial charge is 0.507 e. The summed E-state index contributed by atoms with van der Waals surface area (Å²) in [5, 5.41) is 35.1. The van der Waals surface area contributed by atoms with Crippen molar-refractivity contribution in [2.45, 2.75) is 192 Å². The summed E-state index contributed by atoms with van der Waals surface area (Å²) in [4.78, 5) is 49.4. The summed E-state index contributed by atoms with van der Waals surface area (Å²) in [6.45, 7) is 40.4. The van der Waals surface area contributed by atoms with Crippen molar-refractivity contribution in [1.29, 1.82) is 0 Å². The largest absolute Gasteiger partial charge is 0.533 e. The maximum absolute atomic E-state index is 16.4. The summed E-state index contributed by atoms with van der Waals surface area (Å²) in [5.41, 5.74) is 5.10. The highest BCUT2D eigenvalue weighted by Crippen LogP contribution is 2.49. The molecule has 1 saturated heterocycles. The van der Waals surface area contributed by atoms with E-state index in [4.69, 9.17) is 0 Å². The van der Waals surface area contributed by atoms with Gasteiger partial charge in [0.2, 0.25) is 0 Å². The van der Waals surface area contributed by atoms with Gasteiger partial charge in [-0.15, -0.1) is 8.97 Å². The van der Waals surface area contributed by atoms with E-state index in [2.05, 4.69) is 0 Å². The molecule has 2 unspecified atom stereocenters. The molecule has 2 atom stereocenters. The number of phenols is 3. The van der Waals surface area contributed by atoms with E-state index in [0.717, 1.165) is 33.4 Å². The first-order valence-electron chi connectivity index (χ1n) is 21.1. The second-order valence-electron chi connectivity index (χ2n) is 22.5. The van der Waals surface area contributed by atoms with Gasteiger partial charge in [-0.3, -0.25) is 0 Å². The van der Waals surface area contributed by atoms with Crippen LogP contribution in [0.4, 0.5) is 14.4 Å². The van der Waals surface area contributed by atoms with Crippen molar-refractivity contribution in [2.24, 2.45) is 0 Å². The molecule has 0 aliphatic carbocycles. The SMILES string of the molecule is Cc1cc(C(C)(C)C)c(O)c(C)c1CN1C(=O)[N+](Cc2c(C)cc(C(C)(C)C)c(O)c2C)(C(C)(C)C)C(=O)[N+](Cc2c(C)cc(C(C)(C)C)c(O)c2C)(C(C)(C)C)C1=O. The van der Waals surface area contributed by atoms with E-state index in [1.807, 2.05) is 164 Å². The topological polar surface area (TPSA) is 115 Å². The Labute approximate surface area is 355 Å². The number of aromatic hydroxyl groups is 3. The van der Waals surface area contributed by atoms with Gasteiger partial charge in [0.25, 0.3) is 0 Å². The highest BCUT2D eigenvalue weighted by molar-refractivity contribution is 6.00. The molecule has 0 spiro atoms. The monoisotopic (exact) mass is 814 g/mol. The summed E-state index contributed by atoms with van der Waals surface area (Å²) in [6, 6.07) is 3.92. The third-order valence-corrected chi connectivity index (χ3v) is 13.3. The van der Waals surface area contributed by atoms with Crippen LogP contribution in [0.15, 0.2) is 18.2 Å². The van der Waals surface area contributed by atoms with Gasteiger partial charge in [0.15, 0.2) is 0 Å². The Hall–Kier alpha value is -4.21. The number of carbonyl (C=O) groups is 3. The molecular weight excluding hydrogens is 739 g/mol. The number of quaternary nitrogens is 2. The van der Waals surface area contributed by atoms with Gasteiger partial charge in [0.05, 0.1) is 6.54 Å². The van der Waals surface area contributed by atoms with Gasteiger partial charge < -0.3 is 15.3 Å². The van der Waals surface area contributed by atoms with Crippen molar-refractivity contribution >= 4 is 18.1 Å². The van der Waals surface area contributed by atoms with Crippen LogP contribution in [-0.4, -0.2) is 58.4 Å². The van der Waals surface area contributed by atoms with Crippen molar-refractivity contribution in [2.75, 3.05) is 0 Å². The van der Waals surface area contributed by atoms with Gasteiger partial charge >= 0.3 is 18.1 Å². The third-order valence-electron chi connectivity index (χ3n) is 13.3. The number of nitrogens with zero attached hydrogens (tertiary/aromatic N) is 3. The number of amides is 6. The molecule has 1 aliphatic rings. The molecule has 1 aliphatic heterocycles. The minimum absolute atomic E-state index is 0.112. The van der Waals surface area contributed by atoms with Crippen molar-refractivity contribution in [3.63, 3.8) is 0 Å². The van der Waals surface area contributed by atoms with E-state index < -0.39 is 38.1 Å². The molecule has 1 heterocycles. The lowest BCUT2D eigenvalue weighted by Gasteiger charge is -2.55. The molecule has 3 aromatic rings. The fraction of sp³-hybridized carbons (Fsp3) is 0.580. The highest BCUT2D eigenvalue weighted by Gasteiger charge is 2.76. The van der Waals surface area contributed by atoms with E-state index in [1.54, 1.807) is 0 Å². The van der Waals surface area contributed by atoms with Crippen molar-refractivity contribution < 1.29 is 38.7 Å². The zero-order valence-corrected chi connectivity index (χ0v) is 40.3.